The third-order valence-corrected chi connectivity index (χ3v) is 7.50. The van der Waals surface area contributed by atoms with Crippen LogP contribution in [0, 0.1) is 6.92 Å². The number of amides is 2. The van der Waals surface area contributed by atoms with Crippen molar-refractivity contribution in [2.24, 2.45) is 0 Å². The summed E-state index contributed by atoms with van der Waals surface area (Å²) in [5.74, 6) is -0.824. The van der Waals surface area contributed by atoms with Crippen molar-refractivity contribution in [1.82, 2.24) is 9.62 Å². The van der Waals surface area contributed by atoms with Crippen LogP contribution in [0.5, 0.6) is 0 Å². The van der Waals surface area contributed by atoms with Gasteiger partial charge < -0.3 is 10.6 Å². The summed E-state index contributed by atoms with van der Waals surface area (Å²) in [6.07, 6.45) is 5.28. The van der Waals surface area contributed by atoms with Crippen LogP contribution in [0.15, 0.2) is 60.0 Å². The molecule has 0 spiro atoms. The number of carbonyl (C=O) groups is 2. The van der Waals surface area contributed by atoms with Gasteiger partial charge in [0.25, 0.3) is 11.8 Å². The van der Waals surface area contributed by atoms with E-state index >= 15 is 0 Å². The molecule has 0 radical (unpaired) electrons. The summed E-state index contributed by atoms with van der Waals surface area (Å²) in [5, 5.41) is 5.42. The van der Waals surface area contributed by atoms with Crippen LogP contribution in [0.4, 0.5) is 5.69 Å². The van der Waals surface area contributed by atoms with Crippen molar-refractivity contribution in [2.45, 2.75) is 37.5 Å². The Morgan fingerprint density at radius 3 is 2.41 bits per heavy atom. The molecule has 1 saturated heterocycles. The van der Waals surface area contributed by atoms with Crippen LogP contribution >= 0.6 is 0 Å². The highest BCUT2D eigenvalue weighted by atomic mass is 32.2. The molecule has 1 aliphatic rings. The molecular formula is C24H29N3O4S. The Hall–Kier alpha value is -2.97. The number of nitrogens with zero attached hydrogens (tertiary/aromatic N) is 1. The maximum Gasteiger partial charge on any atom is 0.255 e. The zero-order valence-electron chi connectivity index (χ0n) is 18.3. The van der Waals surface area contributed by atoms with E-state index in [4.69, 9.17) is 0 Å². The van der Waals surface area contributed by atoms with Crippen LogP contribution in [0.1, 0.15) is 52.0 Å². The maximum atomic E-state index is 13.3. The minimum atomic E-state index is -3.70. The first-order valence-corrected chi connectivity index (χ1v) is 12.2. The first-order valence-electron chi connectivity index (χ1n) is 10.7. The molecular weight excluding hydrogens is 426 g/mol. The monoisotopic (exact) mass is 455 g/mol. The molecule has 170 valence electrons. The second kappa shape index (κ2) is 10.6. The molecule has 1 aliphatic heterocycles. The predicted octanol–water partition coefficient (Wildman–Crippen LogP) is 3.73. The highest BCUT2D eigenvalue weighted by Crippen LogP contribution is 2.25. The minimum Gasteiger partial charge on any atom is -0.349 e. The number of benzene rings is 2. The average Bonchev–Trinajstić information content (AvgIpc) is 3.08. The number of hydrogen-bond acceptors (Lipinski definition) is 4. The first kappa shape index (κ1) is 23.7. The molecule has 2 amide bonds. The number of hydrogen-bond donors (Lipinski definition) is 2. The number of rotatable bonds is 7. The van der Waals surface area contributed by atoms with Gasteiger partial charge in [-0.15, -0.1) is 6.58 Å². The predicted molar refractivity (Wildman–Crippen MR) is 125 cm³/mol. The van der Waals surface area contributed by atoms with E-state index in [1.54, 1.807) is 49.4 Å². The van der Waals surface area contributed by atoms with Crippen molar-refractivity contribution in [3.63, 3.8) is 0 Å². The van der Waals surface area contributed by atoms with E-state index < -0.39 is 15.9 Å². The van der Waals surface area contributed by atoms with Crippen molar-refractivity contribution in [2.75, 3.05) is 25.0 Å². The Bertz CT molecular complexity index is 1100. The molecule has 0 aromatic heterocycles. The molecule has 0 unspecified atom stereocenters. The van der Waals surface area contributed by atoms with E-state index in [-0.39, 0.29) is 16.4 Å². The number of aryl methyl sites for hydroxylation is 1. The third-order valence-electron chi connectivity index (χ3n) is 5.46. The van der Waals surface area contributed by atoms with Crippen LogP contribution in [0.2, 0.25) is 0 Å². The Balaban J connectivity index is 1.87. The van der Waals surface area contributed by atoms with Gasteiger partial charge in [0.1, 0.15) is 0 Å². The van der Waals surface area contributed by atoms with Crippen LogP contribution in [-0.2, 0) is 10.0 Å². The molecule has 0 saturated carbocycles. The fourth-order valence-corrected chi connectivity index (χ4v) is 5.45. The smallest absolute Gasteiger partial charge is 0.255 e. The molecule has 0 bridgehead atoms. The number of sulfonamides is 1. The van der Waals surface area contributed by atoms with E-state index in [2.05, 4.69) is 17.2 Å². The van der Waals surface area contributed by atoms with Crippen LogP contribution in [0.25, 0.3) is 0 Å². The van der Waals surface area contributed by atoms with Gasteiger partial charge in [0.05, 0.1) is 16.1 Å². The van der Waals surface area contributed by atoms with Crippen LogP contribution in [-0.4, -0.2) is 44.2 Å². The fourth-order valence-electron chi connectivity index (χ4n) is 3.69. The summed E-state index contributed by atoms with van der Waals surface area (Å²) in [5.41, 5.74) is 1.46. The summed E-state index contributed by atoms with van der Waals surface area (Å²) >= 11 is 0. The standard InChI is InChI=1S/C24H29N3O4S/c1-3-14-25-24(29)20-10-6-7-11-21(20)26-23(28)19-13-12-18(2)22(17-19)32(30,31)27-15-8-4-5-9-16-27/h3,6-7,10-13,17H,1,4-5,8-9,14-16H2,2H3,(H,25,29)(H,26,28). The Kier molecular flexibility index (Phi) is 7.82. The van der Waals surface area contributed by atoms with Gasteiger partial charge in [-0.2, -0.15) is 4.31 Å². The quantitative estimate of drug-likeness (QED) is 0.622. The zero-order chi connectivity index (χ0) is 23.1. The van der Waals surface area contributed by atoms with Gasteiger partial charge >= 0.3 is 0 Å². The number of carbonyl (C=O) groups excluding carboxylic acids is 2. The fraction of sp³-hybridized carbons (Fsp3) is 0.333. The second-order valence-corrected chi connectivity index (χ2v) is 9.70. The number of para-hydroxylation sites is 1. The second-order valence-electron chi connectivity index (χ2n) is 7.80. The zero-order valence-corrected chi connectivity index (χ0v) is 19.1. The molecule has 1 heterocycles. The summed E-state index contributed by atoms with van der Waals surface area (Å²) in [7, 11) is -3.70. The average molecular weight is 456 g/mol. The molecule has 32 heavy (non-hydrogen) atoms. The van der Waals surface area contributed by atoms with E-state index in [9.17, 15) is 18.0 Å². The van der Waals surface area contributed by atoms with Gasteiger partial charge in [0.2, 0.25) is 10.0 Å². The normalized spacial score (nSPS) is 14.9. The van der Waals surface area contributed by atoms with Gasteiger partial charge in [-0.3, -0.25) is 9.59 Å². The Morgan fingerprint density at radius 1 is 1.03 bits per heavy atom. The molecule has 3 rings (SSSR count). The van der Waals surface area contributed by atoms with Gasteiger partial charge in [-0.25, -0.2) is 8.42 Å². The third kappa shape index (κ3) is 5.44. The van der Waals surface area contributed by atoms with Crippen molar-refractivity contribution in [1.29, 1.82) is 0 Å². The Labute approximate surface area is 189 Å². The van der Waals surface area contributed by atoms with E-state index in [0.29, 0.717) is 36.4 Å². The highest BCUT2D eigenvalue weighted by Gasteiger charge is 2.27. The topological polar surface area (TPSA) is 95.6 Å². The molecule has 0 aliphatic carbocycles. The maximum absolute atomic E-state index is 13.3. The molecule has 1 fully saturated rings. The largest absolute Gasteiger partial charge is 0.349 e. The van der Waals surface area contributed by atoms with Crippen molar-refractivity contribution >= 4 is 27.5 Å². The van der Waals surface area contributed by atoms with Gasteiger partial charge in [-0.1, -0.05) is 37.1 Å². The summed E-state index contributed by atoms with van der Waals surface area (Å²) in [6.45, 7) is 6.59. The lowest BCUT2D eigenvalue weighted by Crippen LogP contribution is -2.32. The van der Waals surface area contributed by atoms with Crippen molar-refractivity contribution in [3.8, 4) is 0 Å². The molecule has 2 aromatic rings. The lowest BCUT2D eigenvalue weighted by atomic mass is 10.1. The summed E-state index contributed by atoms with van der Waals surface area (Å²) in [4.78, 5) is 25.5. The lowest BCUT2D eigenvalue weighted by molar-refractivity contribution is 0.0959. The molecule has 2 N–H and O–H groups in total. The van der Waals surface area contributed by atoms with Gasteiger partial charge in [0, 0.05) is 25.2 Å². The lowest BCUT2D eigenvalue weighted by Gasteiger charge is -2.21. The molecule has 2 aromatic carbocycles. The number of anilines is 1. The highest BCUT2D eigenvalue weighted by molar-refractivity contribution is 7.89. The van der Waals surface area contributed by atoms with E-state index in [1.807, 2.05) is 0 Å². The molecule has 8 heteroatoms. The summed E-state index contributed by atoms with van der Waals surface area (Å²) < 4.78 is 28.1. The first-order chi connectivity index (χ1) is 15.3. The van der Waals surface area contributed by atoms with Gasteiger partial charge in [0.15, 0.2) is 0 Å². The van der Waals surface area contributed by atoms with E-state index in [0.717, 1.165) is 25.7 Å². The summed E-state index contributed by atoms with van der Waals surface area (Å²) in [6, 6.07) is 11.3. The molecule has 7 nitrogen and oxygen atoms in total. The number of nitrogens with one attached hydrogen (secondary N) is 2. The van der Waals surface area contributed by atoms with E-state index in [1.165, 1.54) is 10.4 Å². The molecule has 0 atom stereocenters. The van der Waals surface area contributed by atoms with Crippen molar-refractivity contribution in [3.05, 3.63) is 71.8 Å². The van der Waals surface area contributed by atoms with Crippen LogP contribution in [0.3, 0.4) is 0 Å². The van der Waals surface area contributed by atoms with Crippen molar-refractivity contribution < 1.29 is 18.0 Å². The minimum absolute atomic E-state index is 0.143. The Morgan fingerprint density at radius 2 is 1.72 bits per heavy atom. The van der Waals surface area contributed by atoms with Crippen LogP contribution < -0.4 is 10.6 Å². The van der Waals surface area contributed by atoms with Gasteiger partial charge in [-0.05, 0) is 49.6 Å². The SMILES string of the molecule is C=CCNC(=O)c1ccccc1NC(=O)c1ccc(C)c(S(=O)(=O)N2CCCCCC2)c1.